The first-order valence-electron chi connectivity index (χ1n) is 6.35. The lowest BCUT2D eigenvalue weighted by Crippen LogP contribution is -2.43. The van der Waals surface area contributed by atoms with Crippen molar-refractivity contribution < 1.29 is 0 Å². The Kier molecular flexibility index (Phi) is 4.76. The van der Waals surface area contributed by atoms with E-state index in [0.717, 1.165) is 31.3 Å². The minimum atomic E-state index is -0.363. The highest BCUT2D eigenvalue weighted by atomic mass is 15.1. The van der Waals surface area contributed by atoms with Crippen LogP contribution in [0.2, 0.25) is 0 Å². The fourth-order valence-corrected chi connectivity index (χ4v) is 2.13. The van der Waals surface area contributed by atoms with Crippen molar-refractivity contribution >= 4 is 0 Å². The minimum absolute atomic E-state index is 0.363. The third kappa shape index (κ3) is 4.11. The molecule has 92 valence electrons. The lowest BCUT2D eigenvalue weighted by Gasteiger charge is -2.25. The van der Waals surface area contributed by atoms with E-state index in [4.69, 9.17) is 5.26 Å². The zero-order chi connectivity index (χ0) is 12.2. The predicted molar refractivity (Wildman–Crippen MR) is 67.1 cm³/mol. The van der Waals surface area contributed by atoms with Crippen molar-refractivity contribution in [3.05, 3.63) is 0 Å². The Labute approximate surface area is 99.8 Å². The standard InChI is InChI=1S/C13H25N3/c1-5-15-13(3,10-14)6-7-16(4)9-12-8-11(12)2/h11-12,15H,5-9H2,1-4H3. The summed E-state index contributed by atoms with van der Waals surface area (Å²) in [5, 5.41) is 12.4. The van der Waals surface area contributed by atoms with Crippen LogP contribution in [-0.4, -0.2) is 37.1 Å². The number of hydrogen-bond acceptors (Lipinski definition) is 3. The van der Waals surface area contributed by atoms with E-state index in [1.54, 1.807) is 0 Å². The molecule has 3 heteroatoms. The van der Waals surface area contributed by atoms with Crippen LogP contribution in [0.5, 0.6) is 0 Å². The average Bonchev–Trinajstić information content (AvgIpc) is 2.92. The maximum Gasteiger partial charge on any atom is 0.105 e. The SMILES string of the molecule is CCNC(C)(C#N)CCN(C)CC1CC1C. The molecule has 1 aliphatic rings. The van der Waals surface area contributed by atoms with Crippen LogP contribution in [0.1, 0.15) is 33.6 Å². The number of hydrogen-bond donors (Lipinski definition) is 1. The second-order valence-corrected chi connectivity index (χ2v) is 5.46. The van der Waals surface area contributed by atoms with Gasteiger partial charge in [-0.3, -0.25) is 5.32 Å². The van der Waals surface area contributed by atoms with E-state index in [1.807, 2.05) is 13.8 Å². The molecule has 1 saturated carbocycles. The molecular weight excluding hydrogens is 198 g/mol. The molecule has 16 heavy (non-hydrogen) atoms. The Hall–Kier alpha value is -0.590. The highest BCUT2D eigenvalue weighted by Crippen LogP contribution is 2.37. The van der Waals surface area contributed by atoms with Crippen LogP contribution in [0.15, 0.2) is 0 Å². The fourth-order valence-electron chi connectivity index (χ4n) is 2.13. The molecule has 3 unspecified atom stereocenters. The Balaban J connectivity index is 2.23. The summed E-state index contributed by atoms with van der Waals surface area (Å²) in [7, 11) is 2.16. The molecular formula is C13H25N3. The maximum atomic E-state index is 9.13. The van der Waals surface area contributed by atoms with Gasteiger partial charge in [0.1, 0.15) is 5.54 Å². The van der Waals surface area contributed by atoms with Gasteiger partial charge in [-0.05, 0) is 45.2 Å². The van der Waals surface area contributed by atoms with Crippen LogP contribution in [0.25, 0.3) is 0 Å². The summed E-state index contributed by atoms with van der Waals surface area (Å²) in [4.78, 5) is 2.36. The Morgan fingerprint density at radius 3 is 2.62 bits per heavy atom. The summed E-state index contributed by atoms with van der Waals surface area (Å²) in [6.45, 7) is 9.40. The number of nitrogens with zero attached hydrogens (tertiary/aromatic N) is 2. The third-order valence-electron chi connectivity index (χ3n) is 3.63. The van der Waals surface area contributed by atoms with Gasteiger partial charge in [0, 0.05) is 13.1 Å². The van der Waals surface area contributed by atoms with E-state index in [1.165, 1.54) is 13.0 Å². The van der Waals surface area contributed by atoms with Crippen molar-refractivity contribution in [3.63, 3.8) is 0 Å². The normalized spacial score (nSPS) is 27.5. The van der Waals surface area contributed by atoms with Crippen molar-refractivity contribution in [2.24, 2.45) is 11.8 Å². The van der Waals surface area contributed by atoms with E-state index >= 15 is 0 Å². The van der Waals surface area contributed by atoms with Gasteiger partial charge >= 0.3 is 0 Å². The van der Waals surface area contributed by atoms with Gasteiger partial charge in [0.25, 0.3) is 0 Å². The van der Waals surface area contributed by atoms with Crippen LogP contribution in [0.4, 0.5) is 0 Å². The molecule has 0 aromatic carbocycles. The second-order valence-electron chi connectivity index (χ2n) is 5.46. The van der Waals surface area contributed by atoms with Crippen molar-refractivity contribution in [2.45, 2.75) is 39.2 Å². The molecule has 0 amide bonds. The smallest absolute Gasteiger partial charge is 0.105 e. The van der Waals surface area contributed by atoms with Gasteiger partial charge in [0.2, 0.25) is 0 Å². The topological polar surface area (TPSA) is 39.1 Å². The fraction of sp³-hybridized carbons (Fsp3) is 0.923. The van der Waals surface area contributed by atoms with E-state index in [-0.39, 0.29) is 5.54 Å². The minimum Gasteiger partial charge on any atom is -0.306 e. The molecule has 1 aliphatic carbocycles. The molecule has 1 rings (SSSR count). The van der Waals surface area contributed by atoms with Crippen LogP contribution >= 0.6 is 0 Å². The molecule has 0 aromatic heterocycles. The summed E-state index contributed by atoms with van der Waals surface area (Å²) >= 11 is 0. The van der Waals surface area contributed by atoms with Gasteiger partial charge in [-0.2, -0.15) is 5.26 Å². The van der Waals surface area contributed by atoms with Crippen LogP contribution in [-0.2, 0) is 0 Å². The Morgan fingerprint density at radius 2 is 2.19 bits per heavy atom. The quantitative estimate of drug-likeness (QED) is 0.716. The largest absolute Gasteiger partial charge is 0.306 e. The van der Waals surface area contributed by atoms with Gasteiger partial charge < -0.3 is 4.90 Å². The van der Waals surface area contributed by atoms with Crippen molar-refractivity contribution in [1.29, 1.82) is 5.26 Å². The van der Waals surface area contributed by atoms with Gasteiger partial charge in [-0.15, -0.1) is 0 Å². The predicted octanol–water partition coefficient (Wildman–Crippen LogP) is 1.86. The van der Waals surface area contributed by atoms with E-state index in [2.05, 4.69) is 30.3 Å². The van der Waals surface area contributed by atoms with E-state index in [0.29, 0.717) is 0 Å². The molecule has 0 radical (unpaired) electrons. The average molecular weight is 223 g/mol. The van der Waals surface area contributed by atoms with Crippen molar-refractivity contribution in [2.75, 3.05) is 26.7 Å². The van der Waals surface area contributed by atoms with Gasteiger partial charge in [0.05, 0.1) is 6.07 Å². The zero-order valence-electron chi connectivity index (χ0n) is 11.1. The first-order valence-corrected chi connectivity index (χ1v) is 6.35. The molecule has 0 bridgehead atoms. The van der Waals surface area contributed by atoms with Gasteiger partial charge in [-0.1, -0.05) is 13.8 Å². The summed E-state index contributed by atoms with van der Waals surface area (Å²) in [5.74, 6) is 1.82. The summed E-state index contributed by atoms with van der Waals surface area (Å²) in [6, 6.07) is 2.37. The van der Waals surface area contributed by atoms with Crippen molar-refractivity contribution in [1.82, 2.24) is 10.2 Å². The third-order valence-corrected chi connectivity index (χ3v) is 3.63. The number of nitrogens with one attached hydrogen (secondary N) is 1. The lowest BCUT2D eigenvalue weighted by atomic mass is 9.99. The molecule has 1 fully saturated rings. The molecule has 0 aromatic rings. The first-order chi connectivity index (χ1) is 7.50. The summed E-state index contributed by atoms with van der Waals surface area (Å²) in [6.07, 6.45) is 2.28. The zero-order valence-corrected chi connectivity index (χ0v) is 11.1. The first kappa shape index (κ1) is 13.5. The Bertz CT molecular complexity index is 258. The molecule has 3 nitrogen and oxygen atoms in total. The van der Waals surface area contributed by atoms with Gasteiger partial charge in [0.15, 0.2) is 0 Å². The van der Waals surface area contributed by atoms with Crippen molar-refractivity contribution in [3.8, 4) is 6.07 Å². The van der Waals surface area contributed by atoms with Crippen LogP contribution in [0.3, 0.4) is 0 Å². The highest BCUT2D eigenvalue weighted by molar-refractivity contribution is 5.03. The Morgan fingerprint density at radius 1 is 1.56 bits per heavy atom. The van der Waals surface area contributed by atoms with Crippen LogP contribution in [0, 0.1) is 23.2 Å². The van der Waals surface area contributed by atoms with E-state index in [9.17, 15) is 0 Å². The summed E-state index contributed by atoms with van der Waals surface area (Å²) < 4.78 is 0. The molecule has 0 spiro atoms. The summed E-state index contributed by atoms with van der Waals surface area (Å²) in [5.41, 5.74) is -0.363. The molecule has 3 atom stereocenters. The highest BCUT2D eigenvalue weighted by Gasteiger charge is 2.33. The van der Waals surface area contributed by atoms with Crippen LogP contribution < -0.4 is 5.32 Å². The lowest BCUT2D eigenvalue weighted by molar-refractivity contribution is 0.277. The monoisotopic (exact) mass is 223 g/mol. The second kappa shape index (κ2) is 5.65. The maximum absolute atomic E-state index is 9.13. The molecule has 0 aliphatic heterocycles. The number of rotatable bonds is 7. The number of nitriles is 1. The molecule has 1 N–H and O–H groups in total. The molecule has 0 saturated heterocycles. The molecule has 0 heterocycles. The van der Waals surface area contributed by atoms with Gasteiger partial charge in [-0.25, -0.2) is 0 Å². The van der Waals surface area contributed by atoms with E-state index < -0.39 is 0 Å².